The number of sulfonamides is 1. The maximum Gasteiger partial charge on any atom is 0.246 e. The first-order valence-electron chi connectivity index (χ1n) is 4.62. The standard InChI is InChI=1S/C9H13N3O2S/c1-9(2)5-12(3)15(13,14)7-4-10-6-11-8(7)9/h4,6H,5H2,1-3H3. The summed E-state index contributed by atoms with van der Waals surface area (Å²) in [4.78, 5) is 8.09. The van der Waals surface area contributed by atoms with Crippen LogP contribution in [-0.2, 0) is 15.4 Å². The summed E-state index contributed by atoms with van der Waals surface area (Å²) < 4.78 is 25.2. The van der Waals surface area contributed by atoms with Crippen LogP contribution >= 0.6 is 0 Å². The highest BCUT2D eigenvalue weighted by atomic mass is 32.2. The van der Waals surface area contributed by atoms with Gasteiger partial charge in [-0.3, -0.25) is 0 Å². The number of likely N-dealkylation sites (N-methyl/N-ethyl adjacent to an activating group) is 1. The zero-order valence-corrected chi connectivity index (χ0v) is 9.74. The fraction of sp³-hybridized carbons (Fsp3) is 0.556. The summed E-state index contributed by atoms with van der Waals surface area (Å²) in [6, 6.07) is 0. The van der Waals surface area contributed by atoms with Crippen LogP contribution in [0.5, 0.6) is 0 Å². The molecule has 0 unspecified atom stereocenters. The minimum absolute atomic E-state index is 0.226. The van der Waals surface area contributed by atoms with Gasteiger partial charge >= 0.3 is 0 Å². The van der Waals surface area contributed by atoms with E-state index in [0.717, 1.165) is 0 Å². The minimum atomic E-state index is -3.38. The summed E-state index contributed by atoms with van der Waals surface area (Å²) in [5.74, 6) is 0. The summed E-state index contributed by atoms with van der Waals surface area (Å²) >= 11 is 0. The van der Waals surface area contributed by atoms with E-state index in [-0.39, 0.29) is 10.3 Å². The number of rotatable bonds is 0. The topological polar surface area (TPSA) is 63.2 Å². The molecule has 0 aliphatic carbocycles. The molecule has 5 nitrogen and oxygen atoms in total. The van der Waals surface area contributed by atoms with Gasteiger partial charge in [0.15, 0.2) is 0 Å². The lowest BCUT2D eigenvalue weighted by molar-refractivity contribution is 0.341. The number of fused-ring (bicyclic) bond motifs is 1. The van der Waals surface area contributed by atoms with Crippen molar-refractivity contribution in [3.8, 4) is 0 Å². The van der Waals surface area contributed by atoms with E-state index in [9.17, 15) is 8.42 Å². The fourth-order valence-electron chi connectivity index (χ4n) is 1.90. The van der Waals surface area contributed by atoms with E-state index in [1.165, 1.54) is 16.8 Å². The molecule has 0 saturated heterocycles. The van der Waals surface area contributed by atoms with Crippen molar-refractivity contribution in [2.45, 2.75) is 24.2 Å². The molecule has 0 saturated carbocycles. The summed E-state index contributed by atoms with van der Waals surface area (Å²) in [6.45, 7) is 4.40. The van der Waals surface area contributed by atoms with Crippen molar-refractivity contribution >= 4 is 10.0 Å². The molecule has 0 N–H and O–H groups in total. The normalized spacial score (nSPS) is 23.4. The molecule has 0 spiro atoms. The second-order valence-electron chi connectivity index (χ2n) is 4.38. The van der Waals surface area contributed by atoms with Crippen molar-refractivity contribution in [2.24, 2.45) is 0 Å². The number of hydrogen-bond acceptors (Lipinski definition) is 4. The first-order chi connectivity index (χ1) is 6.86. The van der Waals surface area contributed by atoms with Crippen molar-refractivity contribution in [1.29, 1.82) is 0 Å². The van der Waals surface area contributed by atoms with Crippen molar-refractivity contribution in [3.63, 3.8) is 0 Å². The molecule has 0 amide bonds. The lowest BCUT2D eigenvalue weighted by atomic mass is 9.89. The summed E-state index contributed by atoms with van der Waals surface area (Å²) in [5, 5.41) is 0. The van der Waals surface area contributed by atoms with E-state index in [4.69, 9.17) is 0 Å². The molecule has 1 aromatic heterocycles. The summed E-state index contributed by atoms with van der Waals surface area (Å²) in [6.07, 6.45) is 2.76. The van der Waals surface area contributed by atoms with Gasteiger partial charge in [-0.05, 0) is 0 Å². The Morgan fingerprint density at radius 3 is 2.80 bits per heavy atom. The zero-order valence-electron chi connectivity index (χ0n) is 8.93. The second-order valence-corrected chi connectivity index (χ2v) is 6.39. The van der Waals surface area contributed by atoms with Gasteiger partial charge in [0.2, 0.25) is 10.0 Å². The lowest BCUT2D eigenvalue weighted by Gasteiger charge is -2.35. The SMILES string of the molecule is CN1CC(C)(C)c2ncncc2S1(=O)=O. The molecule has 2 rings (SSSR count). The molecule has 6 heteroatoms. The largest absolute Gasteiger partial charge is 0.246 e. The Bertz CT molecular complexity index is 496. The summed E-state index contributed by atoms with van der Waals surface area (Å²) in [5.41, 5.74) is 0.342. The number of aromatic nitrogens is 2. The van der Waals surface area contributed by atoms with Crippen LogP contribution in [0.2, 0.25) is 0 Å². The Labute approximate surface area is 89.2 Å². The third kappa shape index (κ3) is 1.44. The van der Waals surface area contributed by atoms with E-state index in [1.807, 2.05) is 13.8 Å². The van der Waals surface area contributed by atoms with E-state index in [0.29, 0.717) is 12.2 Å². The van der Waals surface area contributed by atoms with Gasteiger partial charge in [0.1, 0.15) is 11.2 Å². The molecule has 0 fully saturated rings. The highest BCUT2D eigenvalue weighted by molar-refractivity contribution is 7.89. The van der Waals surface area contributed by atoms with Gasteiger partial charge in [0, 0.05) is 19.0 Å². The van der Waals surface area contributed by atoms with Crippen LogP contribution in [-0.4, -0.2) is 36.3 Å². The highest BCUT2D eigenvalue weighted by Gasteiger charge is 2.40. The second kappa shape index (κ2) is 2.99. The van der Waals surface area contributed by atoms with Crippen LogP contribution in [0.4, 0.5) is 0 Å². The molecule has 1 aromatic rings. The van der Waals surface area contributed by atoms with Crippen molar-refractivity contribution in [3.05, 3.63) is 18.2 Å². The highest BCUT2D eigenvalue weighted by Crippen LogP contribution is 2.34. The fourth-order valence-corrected chi connectivity index (χ4v) is 3.49. The molecule has 0 aromatic carbocycles. The number of nitrogens with zero attached hydrogens (tertiary/aromatic N) is 3. The maximum absolute atomic E-state index is 11.9. The molecular weight excluding hydrogens is 214 g/mol. The lowest BCUT2D eigenvalue weighted by Crippen LogP contribution is -2.44. The van der Waals surface area contributed by atoms with Crippen LogP contribution in [0.15, 0.2) is 17.4 Å². The van der Waals surface area contributed by atoms with Crippen LogP contribution in [0.25, 0.3) is 0 Å². The van der Waals surface area contributed by atoms with Crippen molar-refractivity contribution in [1.82, 2.24) is 14.3 Å². The van der Waals surface area contributed by atoms with Gasteiger partial charge in [-0.15, -0.1) is 0 Å². The molecule has 0 atom stereocenters. The Balaban J connectivity index is 2.76. The number of hydrogen-bond donors (Lipinski definition) is 0. The van der Waals surface area contributed by atoms with Crippen LogP contribution in [0, 0.1) is 0 Å². The van der Waals surface area contributed by atoms with Gasteiger partial charge in [-0.25, -0.2) is 18.4 Å². The molecule has 1 aliphatic heterocycles. The Morgan fingerprint density at radius 1 is 1.47 bits per heavy atom. The average molecular weight is 227 g/mol. The van der Waals surface area contributed by atoms with Gasteiger partial charge in [-0.2, -0.15) is 4.31 Å². The first-order valence-corrected chi connectivity index (χ1v) is 6.06. The smallest absolute Gasteiger partial charge is 0.243 e. The zero-order chi connectivity index (χ0) is 11.3. The van der Waals surface area contributed by atoms with Gasteiger partial charge < -0.3 is 0 Å². The van der Waals surface area contributed by atoms with Gasteiger partial charge in [-0.1, -0.05) is 13.8 Å². The van der Waals surface area contributed by atoms with Crippen molar-refractivity contribution in [2.75, 3.05) is 13.6 Å². The molecule has 2 heterocycles. The minimum Gasteiger partial charge on any atom is -0.243 e. The van der Waals surface area contributed by atoms with E-state index < -0.39 is 10.0 Å². The quantitative estimate of drug-likeness (QED) is 0.643. The van der Waals surface area contributed by atoms with E-state index in [2.05, 4.69) is 9.97 Å². The van der Waals surface area contributed by atoms with Gasteiger partial charge in [0.05, 0.1) is 11.9 Å². The van der Waals surface area contributed by atoms with Gasteiger partial charge in [0.25, 0.3) is 0 Å². The molecule has 82 valence electrons. The van der Waals surface area contributed by atoms with Crippen LogP contribution in [0.1, 0.15) is 19.5 Å². The molecule has 1 aliphatic rings. The predicted octanol–water partition coefficient (Wildman–Crippen LogP) is 0.388. The summed E-state index contributed by atoms with van der Waals surface area (Å²) in [7, 11) is -1.81. The monoisotopic (exact) mass is 227 g/mol. The Morgan fingerprint density at radius 2 is 2.13 bits per heavy atom. The van der Waals surface area contributed by atoms with E-state index in [1.54, 1.807) is 7.05 Å². The molecule has 0 radical (unpaired) electrons. The molecule has 15 heavy (non-hydrogen) atoms. The molecular formula is C9H13N3O2S. The predicted molar refractivity (Wildman–Crippen MR) is 54.9 cm³/mol. The molecule has 0 bridgehead atoms. The third-order valence-electron chi connectivity index (χ3n) is 2.63. The van der Waals surface area contributed by atoms with Crippen molar-refractivity contribution < 1.29 is 8.42 Å². The average Bonchev–Trinajstić information content (AvgIpc) is 2.15. The van der Waals surface area contributed by atoms with Crippen LogP contribution < -0.4 is 0 Å². The third-order valence-corrected chi connectivity index (χ3v) is 4.43. The van der Waals surface area contributed by atoms with Crippen LogP contribution in [0.3, 0.4) is 0 Å². The first kappa shape index (κ1) is 10.5. The Kier molecular flexibility index (Phi) is 2.09. The maximum atomic E-state index is 11.9. The van der Waals surface area contributed by atoms with E-state index >= 15 is 0 Å². The Hall–Kier alpha value is -1.01.